The van der Waals surface area contributed by atoms with Crippen molar-refractivity contribution in [1.29, 1.82) is 0 Å². The molecular weight excluding hydrogens is 212 g/mol. The van der Waals surface area contributed by atoms with Gasteiger partial charge in [0.1, 0.15) is 0 Å². The highest BCUT2D eigenvalue weighted by Crippen LogP contribution is 2.31. The molecule has 80 valence electrons. The lowest BCUT2D eigenvalue weighted by atomic mass is 10.0. The van der Waals surface area contributed by atoms with E-state index in [1.807, 2.05) is 0 Å². The van der Waals surface area contributed by atoms with Crippen LogP contribution in [0, 0.1) is 0 Å². The predicted molar refractivity (Wildman–Crippen MR) is 59.8 cm³/mol. The first-order valence-electron chi connectivity index (χ1n) is 5.67. The SMILES string of the molecule is CCCCC1(CC[CH2][Mg][Cl])OCCO1. The number of ether oxygens (including phenoxy) is 2. The molecule has 0 aromatic carbocycles. The standard InChI is InChI=1S/C10H19O2.ClH.Mg/c1-3-5-7-10(6-4-2)11-8-9-12-10;;/h2-9H2,1H3;1H;/q;;+1/p-1. The molecule has 14 heavy (non-hydrogen) atoms. The summed E-state index contributed by atoms with van der Waals surface area (Å²) in [5.41, 5.74) is 0. The van der Waals surface area contributed by atoms with Crippen molar-refractivity contribution in [1.82, 2.24) is 0 Å². The van der Waals surface area contributed by atoms with Gasteiger partial charge in [-0.2, -0.15) is 0 Å². The third kappa shape index (κ3) is 4.23. The lowest BCUT2D eigenvalue weighted by molar-refractivity contribution is -0.167. The lowest BCUT2D eigenvalue weighted by Crippen LogP contribution is -2.29. The van der Waals surface area contributed by atoms with Gasteiger partial charge in [-0.15, -0.1) is 4.55 Å². The molecule has 0 aliphatic carbocycles. The van der Waals surface area contributed by atoms with Gasteiger partial charge in [0.05, 0.1) is 13.2 Å². The smallest absolute Gasteiger partial charge is 0.348 e. The van der Waals surface area contributed by atoms with Crippen LogP contribution in [0.25, 0.3) is 0 Å². The Morgan fingerprint density at radius 1 is 1.21 bits per heavy atom. The Morgan fingerprint density at radius 2 is 1.86 bits per heavy atom. The highest BCUT2D eigenvalue weighted by atomic mass is 35.5. The first kappa shape index (κ1) is 13.0. The Hall–Kier alpha value is 0.976. The summed E-state index contributed by atoms with van der Waals surface area (Å²) in [7, 11) is 5.79. The lowest BCUT2D eigenvalue weighted by Gasteiger charge is -2.27. The molecule has 4 heteroatoms. The fraction of sp³-hybridized carbons (Fsp3) is 1.00. The maximum absolute atomic E-state index is 5.79. The molecule has 1 fully saturated rings. The summed E-state index contributed by atoms with van der Waals surface area (Å²) in [6.45, 7) is 3.73. The van der Waals surface area contributed by atoms with Crippen molar-refractivity contribution in [2.24, 2.45) is 0 Å². The average Bonchev–Trinajstić information content (AvgIpc) is 2.65. The van der Waals surface area contributed by atoms with Crippen LogP contribution in [0.4, 0.5) is 0 Å². The Bertz CT molecular complexity index is 149. The molecule has 0 aromatic heterocycles. The fourth-order valence-electron chi connectivity index (χ4n) is 1.85. The fourth-order valence-corrected chi connectivity index (χ4v) is 2.85. The number of rotatable bonds is 7. The molecule has 0 N–H and O–H groups in total. The minimum absolute atomic E-state index is 0.240. The minimum Gasteiger partial charge on any atom is -0.348 e. The summed E-state index contributed by atoms with van der Waals surface area (Å²) in [6, 6.07) is 0. The molecule has 1 aliphatic heterocycles. The molecule has 1 rings (SSSR count). The minimum atomic E-state index is -0.308. The second-order valence-corrected chi connectivity index (χ2v) is 6.08. The Balaban J connectivity index is 2.28. The normalized spacial score (nSPS) is 19.6. The zero-order valence-electron chi connectivity index (χ0n) is 9.06. The highest BCUT2D eigenvalue weighted by molar-refractivity contribution is 6.93. The second kappa shape index (κ2) is 7.28. The van der Waals surface area contributed by atoms with Crippen LogP contribution in [0.1, 0.15) is 39.0 Å². The molecule has 0 amide bonds. The van der Waals surface area contributed by atoms with E-state index in [1.165, 1.54) is 23.8 Å². The van der Waals surface area contributed by atoms with Crippen LogP contribution in [0.5, 0.6) is 0 Å². The van der Waals surface area contributed by atoms with Crippen LogP contribution in [-0.4, -0.2) is 38.3 Å². The van der Waals surface area contributed by atoms with Crippen molar-refractivity contribution in [2.75, 3.05) is 13.2 Å². The van der Waals surface area contributed by atoms with E-state index < -0.39 is 0 Å². The van der Waals surface area contributed by atoms with Gasteiger partial charge >= 0.3 is 19.3 Å². The van der Waals surface area contributed by atoms with Crippen LogP contribution in [0.3, 0.4) is 0 Å². The summed E-state index contributed by atoms with van der Waals surface area (Å²) < 4.78 is 12.7. The topological polar surface area (TPSA) is 18.5 Å². The van der Waals surface area contributed by atoms with Crippen molar-refractivity contribution >= 4 is 28.3 Å². The molecular formula is C10H19ClMgO2. The van der Waals surface area contributed by atoms with E-state index in [0.29, 0.717) is 0 Å². The molecule has 0 bridgehead atoms. The number of hydrogen-bond donors (Lipinski definition) is 0. The van der Waals surface area contributed by atoms with E-state index in [0.717, 1.165) is 26.1 Å². The second-order valence-electron chi connectivity index (χ2n) is 3.86. The van der Waals surface area contributed by atoms with E-state index in [1.54, 1.807) is 0 Å². The third-order valence-corrected chi connectivity index (χ3v) is 4.24. The monoisotopic (exact) mass is 230 g/mol. The van der Waals surface area contributed by atoms with Gasteiger partial charge < -0.3 is 18.5 Å². The Morgan fingerprint density at radius 3 is 2.43 bits per heavy atom. The molecule has 0 aromatic rings. The quantitative estimate of drug-likeness (QED) is 0.495. The van der Waals surface area contributed by atoms with Gasteiger partial charge in [-0.3, -0.25) is 0 Å². The van der Waals surface area contributed by atoms with Crippen LogP contribution in [0.15, 0.2) is 0 Å². The largest absolute Gasteiger partial charge is 0.501 e. The van der Waals surface area contributed by atoms with Crippen molar-refractivity contribution in [3.05, 3.63) is 0 Å². The predicted octanol–water partition coefficient (Wildman–Crippen LogP) is 2.98. The summed E-state index contributed by atoms with van der Waals surface area (Å²) >= 11 is -0.308. The van der Waals surface area contributed by atoms with Crippen LogP contribution >= 0.6 is 9.07 Å². The highest BCUT2D eigenvalue weighted by Gasteiger charge is 2.34. The number of hydrogen-bond acceptors (Lipinski definition) is 2. The van der Waals surface area contributed by atoms with Gasteiger partial charge in [0, 0.05) is 6.42 Å². The molecule has 0 spiro atoms. The zero-order valence-corrected chi connectivity index (χ0v) is 11.2. The van der Waals surface area contributed by atoms with Crippen molar-refractivity contribution < 1.29 is 9.47 Å². The maximum Gasteiger partial charge on any atom is 0.501 e. The van der Waals surface area contributed by atoms with Gasteiger partial charge in [0.15, 0.2) is 5.79 Å². The number of unbranched alkanes of at least 4 members (excludes halogenated alkanes) is 1. The molecule has 1 saturated heterocycles. The molecule has 0 radical (unpaired) electrons. The first-order chi connectivity index (χ1) is 6.83. The van der Waals surface area contributed by atoms with Gasteiger partial charge in [-0.25, -0.2) is 0 Å². The van der Waals surface area contributed by atoms with Crippen molar-refractivity contribution in [2.45, 2.75) is 49.4 Å². The van der Waals surface area contributed by atoms with Gasteiger partial charge in [-0.1, -0.05) is 19.8 Å². The van der Waals surface area contributed by atoms with E-state index in [2.05, 4.69) is 6.92 Å². The van der Waals surface area contributed by atoms with Crippen molar-refractivity contribution in [3.63, 3.8) is 0 Å². The van der Waals surface area contributed by atoms with E-state index in [-0.39, 0.29) is 25.1 Å². The van der Waals surface area contributed by atoms with E-state index >= 15 is 0 Å². The molecule has 1 heterocycles. The van der Waals surface area contributed by atoms with Crippen LogP contribution in [-0.2, 0) is 9.47 Å². The van der Waals surface area contributed by atoms with Gasteiger partial charge in [-0.05, 0) is 12.8 Å². The van der Waals surface area contributed by atoms with E-state index in [9.17, 15) is 0 Å². The molecule has 1 aliphatic rings. The number of halogens is 1. The molecule has 0 unspecified atom stereocenters. The summed E-state index contributed by atoms with van der Waals surface area (Å²) in [4.78, 5) is 0. The van der Waals surface area contributed by atoms with Gasteiger partial charge in [0.2, 0.25) is 0 Å². The van der Waals surface area contributed by atoms with E-state index in [4.69, 9.17) is 18.5 Å². The van der Waals surface area contributed by atoms with Crippen LogP contribution in [0.2, 0.25) is 4.55 Å². The average molecular weight is 231 g/mol. The molecule has 2 nitrogen and oxygen atoms in total. The van der Waals surface area contributed by atoms with Gasteiger partial charge in [0.25, 0.3) is 0 Å². The third-order valence-electron chi connectivity index (χ3n) is 2.67. The molecule has 0 saturated carbocycles. The maximum atomic E-state index is 5.79. The molecule has 0 atom stereocenters. The summed E-state index contributed by atoms with van der Waals surface area (Å²) in [5, 5.41) is 0. The Labute approximate surface area is 100 Å². The zero-order chi connectivity index (χ0) is 10.3. The summed E-state index contributed by atoms with van der Waals surface area (Å²) in [6.07, 6.45) is 5.65. The van der Waals surface area contributed by atoms with Crippen molar-refractivity contribution in [3.8, 4) is 0 Å². The summed E-state index contributed by atoms with van der Waals surface area (Å²) in [5.74, 6) is -0.240. The first-order valence-corrected chi connectivity index (χ1v) is 8.81. The Kier molecular flexibility index (Phi) is 6.78. The van der Waals surface area contributed by atoms with Crippen LogP contribution < -0.4 is 0 Å².